The summed E-state index contributed by atoms with van der Waals surface area (Å²) in [5, 5.41) is 3.07. The van der Waals surface area contributed by atoms with Crippen LogP contribution in [-0.4, -0.2) is 16.9 Å². The van der Waals surface area contributed by atoms with Crippen LogP contribution < -0.4 is 11.1 Å². The maximum atomic E-state index is 12.1. The molecule has 1 heterocycles. The van der Waals surface area contributed by atoms with Gasteiger partial charge in [-0.1, -0.05) is 13.8 Å². The minimum Gasteiger partial charge on any atom is -0.383 e. The molecule has 4 heteroatoms. The molecule has 0 spiro atoms. The van der Waals surface area contributed by atoms with E-state index in [4.69, 9.17) is 5.73 Å². The number of nitrogens with one attached hydrogen (secondary N) is 1. The molecule has 0 aliphatic heterocycles. The van der Waals surface area contributed by atoms with Crippen LogP contribution in [0.25, 0.3) is 0 Å². The molecule has 0 radical (unpaired) electrons. The molecule has 3 N–H and O–H groups in total. The van der Waals surface area contributed by atoms with E-state index in [-0.39, 0.29) is 11.9 Å². The molecule has 1 amide bonds. The third-order valence-electron chi connectivity index (χ3n) is 4.02. The van der Waals surface area contributed by atoms with Crippen molar-refractivity contribution >= 4 is 11.7 Å². The Kier molecular flexibility index (Phi) is 3.84. The highest BCUT2D eigenvalue weighted by atomic mass is 16.1. The summed E-state index contributed by atoms with van der Waals surface area (Å²) >= 11 is 0. The Labute approximate surface area is 108 Å². The van der Waals surface area contributed by atoms with Gasteiger partial charge in [-0.3, -0.25) is 4.79 Å². The predicted molar refractivity (Wildman–Crippen MR) is 72.1 cm³/mol. The minimum atomic E-state index is -0.104. The number of nitrogens with two attached hydrogens (primary N) is 1. The number of hydrogen-bond donors (Lipinski definition) is 2. The number of nitrogens with zero attached hydrogens (tertiary/aromatic N) is 1. The zero-order valence-electron chi connectivity index (χ0n) is 11.0. The fourth-order valence-electron chi connectivity index (χ4n) is 2.55. The summed E-state index contributed by atoms with van der Waals surface area (Å²) in [5.41, 5.74) is 6.18. The Morgan fingerprint density at radius 2 is 2.17 bits per heavy atom. The highest BCUT2D eigenvalue weighted by molar-refractivity contribution is 5.98. The van der Waals surface area contributed by atoms with Gasteiger partial charge in [0, 0.05) is 12.2 Å². The second-order valence-electron chi connectivity index (χ2n) is 5.37. The second-order valence-corrected chi connectivity index (χ2v) is 5.37. The molecule has 1 saturated carbocycles. The summed E-state index contributed by atoms with van der Waals surface area (Å²) in [7, 11) is 0. The van der Waals surface area contributed by atoms with E-state index < -0.39 is 0 Å². The lowest BCUT2D eigenvalue weighted by atomic mass is 9.79. The molecule has 2 rings (SSSR count). The second kappa shape index (κ2) is 5.38. The highest BCUT2D eigenvalue weighted by Crippen LogP contribution is 2.29. The molecule has 3 unspecified atom stereocenters. The first-order valence-corrected chi connectivity index (χ1v) is 6.59. The van der Waals surface area contributed by atoms with Gasteiger partial charge in [0.25, 0.3) is 5.91 Å². The predicted octanol–water partition coefficient (Wildman–Crippen LogP) is 2.22. The van der Waals surface area contributed by atoms with E-state index in [2.05, 4.69) is 24.1 Å². The Morgan fingerprint density at radius 3 is 2.83 bits per heavy atom. The molecule has 1 aromatic rings. The average Bonchev–Trinajstić information content (AvgIpc) is 2.34. The molecule has 4 nitrogen and oxygen atoms in total. The molecule has 3 atom stereocenters. The molecule has 0 aromatic carbocycles. The van der Waals surface area contributed by atoms with Gasteiger partial charge < -0.3 is 11.1 Å². The molecule has 1 aliphatic rings. The lowest BCUT2D eigenvalue weighted by molar-refractivity contribution is 0.0911. The van der Waals surface area contributed by atoms with Gasteiger partial charge >= 0.3 is 0 Å². The van der Waals surface area contributed by atoms with Gasteiger partial charge in [-0.2, -0.15) is 0 Å². The first-order valence-electron chi connectivity index (χ1n) is 6.59. The van der Waals surface area contributed by atoms with E-state index in [0.29, 0.717) is 17.3 Å². The monoisotopic (exact) mass is 247 g/mol. The Morgan fingerprint density at radius 1 is 1.39 bits per heavy atom. The van der Waals surface area contributed by atoms with E-state index in [9.17, 15) is 4.79 Å². The van der Waals surface area contributed by atoms with Crippen LogP contribution in [0.1, 0.15) is 43.5 Å². The summed E-state index contributed by atoms with van der Waals surface area (Å²) in [6.07, 6.45) is 4.87. The number of nitrogen functional groups attached to an aromatic ring is 1. The van der Waals surface area contributed by atoms with E-state index in [1.807, 2.05) is 0 Å². The molecule has 1 aliphatic carbocycles. The molecule has 1 fully saturated rings. The Balaban J connectivity index is 1.98. The molecule has 0 bridgehead atoms. The number of carbonyl (C=O) groups is 1. The zero-order chi connectivity index (χ0) is 13.1. The van der Waals surface area contributed by atoms with Crippen molar-refractivity contribution in [1.82, 2.24) is 10.3 Å². The summed E-state index contributed by atoms with van der Waals surface area (Å²) in [6.45, 7) is 4.53. The Bertz CT molecular complexity index is 433. The van der Waals surface area contributed by atoms with Gasteiger partial charge in [0.05, 0.1) is 5.56 Å². The van der Waals surface area contributed by atoms with Crippen molar-refractivity contribution in [2.24, 2.45) is 11.8 Å². The maximum absolute atomic E-state index is 12.1. The van der Waals surface area contributed by atoms with Crippen molar-refractivity contribution in [3.63, 3.8) is 0 Å². The fraction of sp³-hybridized carbons (Fsp3) is 0.571. The van der Waals surface area contributed by atoms with Gasteiger partial charge in [-0.25, -0.2) is 4.98 Å². The van der Waals surface area contributed by atoms with Crippen molar-refractivity contribution in [1.29, 1.82) is 0 Å². The van der Waals surface area contributed by atoms with E-state index in [1.54, 1.807) is 18.3 Å². The van der Waals surface area contributed by atoms with Gasteiger partial charge in [-0.15, -0.1) is 0 Å². The van der Waals surface area contributed by atoms with Gasteiger partial charge in [0.15, 0.2) is 0 Å². The van der Waals surface area contributed by atoms with E-state index in [1.165, 1.54) is 6.42 Å². The topological polar surface area (TPSA) is 68.0 Å². The fourth-order valence-corrected chi connectivity index (χ4v) is 2.55. The van der Waals surface area contributed by atoms with Crippen LogP contribution in [0, 0.1) is 11.8 Å². The SMILES string of the molecule is CC1CCC(NC(=O)c2cccnc2N)CC1C. The number of anilines is 1. The normalized spacial score (nSPS) is 27.8. The zero-order valence-corrected chi connectivity index (χ0v) is 11.0. The number of pyridine rings is 1. The quantitative estimate of drug-likeness (QED) is 0.842. The molecule has 1 aromatic heterocycles. The van der Waals surface area contributed by atoms with Crippen molar-refractivity contribution in [3.8, 4) is 0 Å². The standard InChI is InChI=1S/C14H21N3O/c1-9-5-6-11(8-10(9)2)17-14(18)12-4-3-7-16-13(12)15/h3-4,7,9-11H,5-6,8H2,1-2H3,(H2,15,16)(H,17,18). The minimum absolute atomic E-state index is 0.104. The van der Waals surface area contributed by atoms with Gasteiger partial charge in [-0.05, 0) is 43.2 Å². The summed E-state index contributed by atoms with van der Waals surface area (Å²) in [6, 6.07) is 3.71. The smallest absolute Gasteiger partial charge is 0.255 e. The highest BCUT2D eigenvalue weighted by Gasteiger charge is 2.26. The number of aromatic nitrogens is 1. The van der Waals surface area contributed by atoms with Crippen LogP contribution in [0.2, 0.25) is 0 Å². The summed E-state index contributed by atoms with van der Waals surface area (Å²) in [4.78, 5) is 16.0. The average molecular weight is 247 g/mol. The van der Waals surface area contributed by atoms with Crippen LogP contribution in [0.5, 0.6) is 0 Å². The van der Waals surface area contributed by atoms with Crippen LogP contribution in [-0.2, 0) is 0 Å². The van der Waals surface area contributed by atoms with Crippen LogP contribution in [0.3, 0.4) is 0 Å². The van der Waals surface area contributed by atoms with Gasteiger partial charge in [0.1, 0.15) is 5.82 Å². The maximum Gasteiger partial charge on any atom is 0.255 e. The van der Waals surface area contributed by atoms with Crippen LogP contribution >= 0.6 is 0 Å². The largest absolute Gasteiger partial charge is 0.383 e. The number of carbonyl (C=O) groups excluding carboxylic acids is 1. The summed E-state index contributed by atoms with van der Waals surface area (Å²) in [5.74, 6) is 1.61. The van der Waals surface area contributed by atoms with Crippen LogP contribution in [0.15, 0.2) is 18.3 Å². The van der Waals surface area contributed by atoms with Crippen LogP contribution in [0.4, 0.5) is 5.82 Å². The van der Waals surface area contributed by atoms with Crippen molar-refractivity contribution in [2.45, 2.75) is 39.2 Å². The molecular weight excluding hydrogens is 226 g/mol. The lowest BCUT2D eigenvalue weighted by Crippen LogP contribution is -2.40. The number of rotatable bonds is 2. The van der Waals surface area contributed by atoms with Gasteiger partial charge in [0.2, 0.25) is 0 Å². The lowest BCUT2D eigenvalue weighted by Gasteiger charge is -2.32. The van der Waals surface area contributed by atoms with Crippen molar-refractivity contribution < 1.29 is 4.79 Å². The van der Waals surface area contributed by atoms with Crippen molar-refractivity contribution in [3.05, 3.63) is 23.9 Å². The third kappa shape index (κ3) is 2.81. The summed E-state index contributed by atoms with van der Waals surface area (Å²) < 4.78 is 0. The van der Waals surface area contributed by atoms with E-state index in [0.717, 1.165) is 18.8 Å². The van der Waals surface area contributed by atoms with Crippen molar-refractivity contribution in [2.75, 3.05) is 5.73 Å². The molecular formula is C14H21N3O. The molecule has 98 valence electrons. The molecule has 0 saturated heterocycles. The first-order chi connectivity index (χ1) is 8.58. The number of hydrogen-bond acceptors (Lipinski definition) is 3. The third-order valence-corrected chi connectivity index (χ3v) is 4.02. The first kappa shape index (κ1) is 12.9. The van der Waals surface area contributed by atoms with E-state index >= 15 is 0 Å². The number of amides is 1. The molecule has 18 heavy (non-hydrogen) atoms. The Hall–Kier alpha value is -1.58.